The van der Waals surface area contributed by atoms with Gasteiger partial charge in [-0.3, -0.25) is 4.90 Å². The summed E-state index contributed by atoms with van der Waals surface area (Å²) in [6.45, 7) is 15.4. The molecule has 0 spiro atoms. The molecule has 1 saturated heterocycles. The molecule has 3 atom stereocenters. The summed E-state index contributed by atoms with van der Waals surface area (Å²) in [5.74, 6) is 1.56. The molecule has 108 valence electrons. The highest BCUT2D eigenvalue weighted by atomic mass is 15.2. The fourth-order valence-corrected chi connectivity index (χ4v) is 2.96. The first-order chi connectivity index (χ1) is 8.60. The van der Waals surface area contributed by atoms with Gasteiger partial charge in [0, 0.05) is 25.2 Å². The lowest BCUT2D eigenvalue weighted by Gasteiger charge is -2.44. The summed E-state index contributed by atoms with van der Waals surface area (Å²) in [6.07, 6.45) is 5.37. The molecule has 18 heavy (non-hydrogen) atoms. The molecule has 0 aliphatic carbocycles. The molecule has 1 aliphatic rings. The Morgan fingerprint density at radius 3 is 2.44 bits per heavy atom. The van der Waals surface area contributed by atoms with E-state index in [1.165, 1.54) is 45.3 Å². The van der Waals surface area contributed by atoms with Crippen molar-refractivity contribution in [2.24, 2.45) is 11.8 Å². The summed E-state index contributed by atoms with van der Waals surface area (Å²) in [5, 5.41) is 3.76. The number of unbranched alkanes of at least 4 members (excludes halogenated alkanes) is 2. The van der Waals surface area contributed by atoms with E-state index in [2.05, 4.69) is 44.8 Å². The minimum Gasteiger partial charge on any atom is -0.311 e. The Balaban J connectivity index is 2.55. The van der Waals surface area contributed by atoms with E-state index in [9.17, 15) is 0 Å². The van der Waals surface area contributed by atoms with Gasteiger partial charge in [-0.25, -0.2) is 0 Å². The van der Waals surface area contributed by atoms with E-state index in [-0.39, 0.29) is 0 Å². The van der Waals surface area contributed by atoms with E-state index in [1.54, 1.807) is 0 Å². The predicted molar refractivity (Wildman–Crippen MR) is 81.0 cm³/mol. The SMILES string of the molecule is CCCCCN1CC(C(C)C)NCC1C(C)CC. The Morgan fingerprint density at radius 2 is 1.89 bits per heavy atom. The molecule has 0 aromatic carbocycles. The first-order valence-corrected chi connectivity index (χ1v) is 8.07. The fraction of sp³-hybridized carbons (Fsp3) is 1.00. The van der Waals surface area contributed by atoms with Gasteiger partial charge in [0.05, 0.1) is 0 Å². The Hall–Kier alpha value is -0.0800. The lowest BCUT2D eigenvalue weighted by Crippen LogP contribution is -2.60. The summed E-state index contributed by atoms with van der Waals surface area (Å²) in [4.78, 5) is 2.77. The van der Waals surface area contributed by atoms with Crippen molar-refractivity contribution in [1.29, 1.82) is 0 Å². The molecule has 3 unspecified atom stereocenters. The first-order valence-electron chi connectivity index (χ1n) is 8.07. The molecule has 0 bridgehead atoms. The third-order valence-corrected chi connectivity index (χ3v) is 4.64. The molecule has 1 aliphatic heterocycles. The van der Waals surface area contributed by atoms with Crippen LogP contribution >= 0.6 is 0 Å². The molecule has 0 amide bonds. The van der Waals surface area contributed by atoms with Gasteiger partial charge in [-0.1, -0.05) is 53.9 Å². The molecule has 0 aromatic heterocycles. The largest absolute Gasteiger partial charge is 0.311 e. The van der Waals surface area contributed by atoms with Gasteiger partial charge >= 0.3 is 0 Å². The zero-order chi connectivity index (χ0) is 13.5. The van der Waals surface area contributed by atoms with Gasteiger partial charge in [0.1, 0.15) is 0 Å². The van der Waals surface area contributed by atoms with Crippen LogP contribution in [-0.4, -0.2) is 36.6 Å². The van der Waals surface area contributed by atoms with E-state index in [1.807, 2.05) is 0 Å². The van der Waals surface area contributed by atoms with Gasteiger partial charge in [-0.15, -0.1) is 0 Å². The predicted octanol–water partition coefficient (Wildman–Crippen LogP) is 3.52. The van der Waals surface area contributed by atoms with Gasteiger partial charge in [0.15, 0.2) is 0 Å². The summed E-state index contributed by atoms with van der Waals surface area (Å²) < 4.78 is 0. The molecule has 1 heterocycles. The third kappa shape index (κ3) is 4.55. The van der Waals surface area contributed by atoms with Crippen LogP contribution in [0.3, 0.4) is 0 Å². The van der Waals surface area contributed by atoms with Crippen LogP contribution in [0.4, 0.5) is 0 Å². The second-order valence-electron chi connectivity index (χ2n) is 6.41. The number of hydrogen-bond acceptors (Lipinski definition) is 2. The highest BCUT2D eigenvalue weighted by Crippen LogP contribution is 2.21. The summed E-state index contributed by atoms with van der Waals surface area (Å²) in [7, 11) is 0. The van der Waals surface area contributed by atoms with Crippen LogP contribution in [0.25, 0.3) is 0 Å². The van der Waals surface area contributed by atoms with E-state index < -0.39 is 0 Å². The van der Waals surface area contributed by atoms with Crippen molar-refractivity contribution >= 4 is 0 Å². The average Bonchev–Trinajstić information content (AvgIpc) is 2.38. The van der Waals surface area contributed by atoms with Crippen LogP contribution in [0.2, 0.25) is 0 Å². The molecule has 0 aromatic rings. The molecular formula is C16H34N2. The maximum atomic E-state index is 3.76. The Labute approximate surface area is 115 Å². The summed E-state index contributed by atoms with van der Waals surface area (Å²) in [6, 6.07) is 1.44. The second kappa shape index (κ2) is 8.16. The molecular weight excluding hydrogens is 220 g/mol. The van der Waals surface area contributed by atoms with Crippen LogP contribution in [0, 0.1) is 11.8 Å². The van der Waals surface area contributed by atoms with Crippen molar-refractivity contribution in [2.45, 2.75) is 72.4 Å². The zero-order valence-corrected chi connectivity index (χ0v) is 13.2. The van der Waals surface area contributed by atoms with Crippen LogP contribution in [0.1, 0.15) is 60.3 Å². The first kappa shape index (κ1) is 16.0. The monoisotopic (exact) mass is 254 g/mol. The maximum Gasteiger partial charge on any atom is 0.0246 e. The number of nitrogens with zero attached hydrogens (tertiary/aromatic N) is 1. The van der Waals surface area contributed by atoms with E-state index >= 15 is 0 Å². The molecule has 1 N–H and O–H groups in total. The average molecular weight is 254 g/mol. The number of rotatable bonds is 7. The molecule has 1 rings (SSSR count). The van der Waals surface area contributed by atoms with Crippen molar-refractivity contribution in [3.05, 3.63) is 0 Å². The van der Waals surface area contributed by atoms with E-state index in [0.717, 1.165) is 17.9 Å². The van der Waals surface area contributed by atoms with Crippen LogP contribution in [-0.2, 0) is 0 Å². The number of hydrogen-bond donors (Lipinski definition) is 1. The topological polar surface area (TPSA) is 15.3 Å². The molecule has 2 nitrogen and oxygen atoms in total. The summed E-state index contributed by atoms with van der Waals surface area (Å²) in [5.41, 5.74) is 0. The van der Waals surface area contributed by atoms with Crippen molar-refractivity contribution in [3.63, 3.8) is 0 Å². The minimum atomic E-state index is 0.687. The molecule has 0 saturated carbocycles. The quantitative estimate of drug-likeness (QED) is 0.699. The number of nitrogens with one attached hydrogen (secondary N) is 1. The molecule has 1 fully saturated rings. The van der Waals surface area contributed by atoms with Crippen molar-refractivity contribution in [1.82, 2.24) is 10.2 Å². The zero-order valence-electron chi connectivity index (χ0n) is 13.2. The standard InChI is InChI=1S/C16H34N2/c1-6-8-9-10-18-12-15(13(3)4)17-11-16(18)14(5)7-2/h13-17H,6-12H2,1-5H3. The van der Waals surface area contributed by atoms with Crippen molar-refractivity contribution < 1.29 is 0 Å². The molecule has 2 heteroatoms. The van der Waals surface area contributed by atoms with Crippen LogP contribution < -0.4 is 5.32 Å². The molecule has 0 radical (unpaired) electrons. The van der Waals surface area contributed by atoms with Crippen molar-refractivity contribution in [3.8, 4) is 0 Å². The highest BCUT2D eigenvalue weighted by molar-refractivity contribution is 4.89. The van der Waals surface area contributed by atoms with Gasteiger partial charge in [0.2, 0.25) is 0 Å². The Morgan fingerprint density at radius 1 is 1.17 bits per heavy atom. The van der Waals surface area contributed by atoms with Gasteiger partial charge in [-0.2, -0.15) is 0 Å². The smallest absolute Gasteiger partial charge is 0.0246 e. The van der Waals surface area contributed by atoms with Crippen LogP contribution in [0.5, 0.6) is 0 Å². The maximum absolute atomic E-state index is 3.76. The van der Waals surface area contributed by atoms with Gasteiger partial charge < -0.3 is 5.32 Å². The Kier molecular flexibility index (Phi) is 7.25. The summed E-state index contributed by atoms with van der Waals surface area (Å²) >= 11 is 0. The minimum absolute atomic E-state index is 0.687. The fourth-order valence-electron chi connectivity index (χ4n) is 2.96. The van der Waals surface area contributed by atoms with E-state index in [4.69, 9.17) is 0 Å². The lowest BCUT2D eigenvalue weighted by molar-refractivity contribution is 0.0774. The second-order valence-corrected chi connectivity index (χ2v) is 6.41. The van der Waals surface area contributed by atoms with Crippen molar-refractivity contribution in [2.75, 3.05) is 19.6 Å². The Bertz CT molecular complexity index is 215. The normalized spacial score (nSPS) is 27.7. The lowest BCUT2D eigenvalue weighted by atomic mass is 9.91. The van der Waals surface area contributed by atoms with Gasteiger partial charge in [-0.05, 0) is 24.8 Å². The highest BCUT2D eigenvalue weighted by Gasteiger charge is 2.31. The van der Waals surface area contributed by atoms with E-state index in [0.29, 0.717) is 6.04 Å². The number of piperazine rings is 1. The third-order valence-electron chi connectivity index (χ3n) is 4.64. The van der Waals surface area contributed by atoms with Crippen LogP contribution in [0.15, 0.2) is 0 Å². The van der Waals surface area contributed by atoms with Gasteiger partial charge in [0.25, 0.3) is 0 Å².